The average Bonchev–Trinajstić information content (AvgIpc) is 3.05. The van der Waals surface area contributed by atoms with Crippen molar-refractivity contribution in [1.82, 2.24) is 19.7 Å². The van der Waals surface area contributed by atoms with Crippen LogP contribution >= 0.6 is 0 Å². The highest BCUT2D eigenvalue weighted by atomic mass is 16.5. The summed E-state index contributed by atoms with van der Waals surface area (Å²) in [4.78, 5) is 32.6. The predicted molar refractivity (Wildman–Crippen MR) is 112 cm³/mol. The number of rotatable bonds is 8. The maximum atomic E-state index is 12.2. The molecule has 0 fully saturated rings. The molecular formula is C21H25N5O4. The normalized spacial score (nSPS) is 11.1. The van der Waals surface area contributed by atoms with Gasteiger partial charge in [-0.05, 0) is 25.0 Å². The monoisotopic (exact) mass is 411 g/mol. The Kier molecular flexibility index (Phi) is 6.41. The van der Waals surface area contributed by atoms with Gasteiger partial charge in [0.15, 0.2) is 5.78 Å². The number of ketones is 1. The van der Waals surface area contributed by atoms with Crippen LogP contribution in [-0.2, 0) is 22.7 Å². The standard InChI is InChI=1S/C21H25N5O4/c1-12(2)11-30-20(29)9-26-19-5-15(10-27)18(6-17(19)21(25-26)13(3)28)24-16-7-22-14(4)23-8-16/h5-8,12,24,27H,9-11H2,1-4H3. The second-order valence-electron chi connectivity index (χ2n) is 7.47. The summed E-state index contributed by atoms with van der Waals surface area (Å²) in [7, 11) is 0. The lowest BCUT2D eigenvalue weighted by Crippen LogP contribution is -2.17. The summed E-state index contributed by atoms with van der Waals surface area (Å²) in [5, 5.41) is 17.9. The van der Waals surface area contributed by atoms with Crippen LogP contribution in [0.5, 0.6) is 0 Å². The molecule has 0 amide bonds. The van der Waals surface area contributed by atoms with Gasteiger partial charge in [-0.3, -0.25) is 14.3 Å². The zero-order valence-corrected chi connectivity index (χ0v) is 17.5. The van der Waals surface area contributed by atoms with Crippen LogP contribution in [-0.4, -0.2) is 43.2 Å². The van der Waals surface area contributed by atoms with Crippen molar-refractivity contribution in [2.24, 2.45) is 5.92 Å². The van der Waals surface area contributed by atoms with Crippen molar-refractivity contribution in [3.05, 3.63) is 41.6 Å². The molecule has 0 spiro atoms. The van der Waals surface area contributed by atoms with E-state index in [9.17, 15) is 14.7 Å². The SMILES string of the molecule is CC(=O)c1nn(CC(=O)OCC(C)C)c2cc(CO)c(Nc3cnc(C)nc3)cc12. The Morgan fingerprint density at radius 3 is 2.53 bits per heavy atom. The molecule has 2 aromatic heterocycles. The number of nitrogens with one attached hydrogen (secondary N) is 1. The summed E-state index contributed by atoms with van der Waals surface area (Å²) in [5.74, 6) is 0.197. The average molecular weight is 411 g/mol. The van der Waals surface area contributed by atoms with E-state index in [1.165, 1.54) is 11.6 Å². The minimum absolute atomic E-state index is 0.125. The van der Waals surface area contributed by atoms with Gasteiger partial charge in [0.2, 0.25) is 0 Å². The number of benzene rings is 1. The molecular weight excluding hydrogens is 386 g/mol. The van der Waals surface area contributed by atoms with Crippen LogP contribution in [0.1, 0.15) is 42.6 Å². The van der Waals surface area contributed by atoms with Crippen LogP contribution in [0.15, 0.2) is 24.5 Å². The summed E-state index contributed by atoms with van der Waals surface area (Å²) in [6.07, 6.45) is 3.27. The number of ether oxygens (including phenoxy) is 1. The largest absolute Gasteiger partial charge is 0.464 e. The van der Waals surface area contributed by atoms with E-state index in [2.05, 4.69) is 20.4 Å². The van der Waals surface area contributed by atoms with Crippen molar-refractivity contribution < 1.29 is 19.4 Å². The lowest BCUT2D eigenvalue weighted by molar-refractivity contribution is -0.145. The molecule has 9 heteroatoms. The topological polar surface area (TPSA) is 119 Å². The van der Waals surface area contributed by atoms with Gasteiger partial charge < -0.3 is 15.2 Å². The summed E-state index contributed by atoms with van der Waals surface area (Å²) in [6, 6.07) is 3.45. The zero-order chi connectivity index (χ0) is 21.8. The van der Waals surface area contributed by atoms with E-state index < -0.39 is 5.97 Å². The summed E-state index contributed by atoms with van der Waals surface area (Å²) >= 11 is 0. The van der Waals surface area contributed by atoms with Crippen LogP contribution in [0.2, 0.25) is 0 Å². The number of aromatic nitrogens is 4. The smallest absolute Gasteiger partial charge is 0.327 e. The van der Waals surface area contributed by atoms with Crippen LogP contribution in [0.25, 0.3) is 10.9 Å². The highest BCUT2D eigenvalue weighted by molar-refractivity contribution is 6.06. The molecule has 9 nitrogen and oxygen atoms in total. The fourth-order valence-electron chi connectivity index (χ4n) is 2.93. The third-order valence-electron chi connectivity index (χ3n) is 4.40. The van der Waals surface area contributed by atoms with Gasteiger partial charge in [0.25, 0.3) is 0 Å². The van der Waals surface area contributed by atoms with Crippen LogP contribution in [0, 0.1) is 12.8 Å². The fourth-order valence-corrected chi connectivity index (χ4v) is 2.93. The van der Waals surface area contributed by atoms with E-state index in [1.807, 2.05) is 13.8 Å². The van der Waals surface area contributed by atoms with E-state index in [4.69, 9.17) is 4.74 Å². The van der Waals surface area contributed by atoms with E-state index in [0.29, 0.717) is 40.3 Å². The number of anilines is 2. The number of Topliss-reactive ketones (excluding diaryl/α,β-unsaturated/α-hetero) is 1. The van der Waals surface area contributed by atoms with E-state index in [1.54, 1.807) is 31.5 Å². The highest BCUT2D eigenvalue weighted by Gasteiger charge is 2.19. The Labute approximate surface area is 174 Å². The van der Waals surface area contributed by atoms with Crippen LogP contribution in [0.3, 0.4) is 0 Å². The number of aryl methyl sites for hydroxylation is 1. The van der Waals surface area contributed by atoms with E-state index in [-0.39, 0.29) is 30.5 Å². The van der Waals surface area contributed by atoms with Gasteiger partial charge in [0.1, 0.15) is 18.1 Å². The number of carbonyl (C=O) groups is 2. The molecule has 0 unspecified atom stereocenters. The fraction of sp³-hybridized carbons (Fsp3) is 0.381. The Hall–Kier alpha value is -3.33. The molecule has 0 radical (unpaired) electrons. The maximum Gasteiger partial charge on any atom is 0.327 e. The van der Waals surface area contributed by atoms with Gasteiger partial charge >= 0.3 is 5.97 Å². The molecule has 0 atom stereocenters. The highest BCUT2D eigenvalue weighted by Crippen LogP contribution is 2.29. The summed E-state index contributed by atoms with van der Waals surface area (Å²) < 4.78 is 6.67. The van der Waals surface area contributed by atoms with Crippen molar-refractivity contribution in [3.63, 3.8) is 0 Å². The zero-order valence-electron chi connectivity index (χ0n) is 17.5. The number of aliphatic hydroxyl groups is 1. The lowest BCUT2D eigenvalue weighted by atomic mass is 10.1. The molecule has 1 aromatic carbocycles. The van der Waals surface area contributed by atoms with Gasteiger partial charge in [-0.25, -0.2) is 9.97 Å². The quantitative estimate of drug-likeness (QED) is 0.429. The van der Waals surface area contributed by atoms with Crippen molar-refractivity contribution in [3.8, 4) is 0 Å². The third kappa shape index (κ3) is 4.80. The third-order valence-corrected chi connectivity index (χ3v) is 4.40. The Morgan fingerprint density at radius 1 is 1.23 bits per heavy atom. The first-order chi connectivity index (χ1) is 14.3. The second-order valence-corrected chi connectivity index (χ2v) is 7.47. The van der Waals surface area contributed by atoms with E-state index in [0.717, 1.165) is 0 Å². The second kappa shape index (κ2) is 9.00. The van der Waals surface area contributed by atoms with Crippen LogP contribution in [0.4, 0.5) is 11.4 Å². The molecule has 3 rings (SSSR count). The molecule has 0 saturated heterocycles. The first kappa shape index (κ1) is 21.4. The van der Waals surface area contributed by atoms with Gasteiger partial charge in [0, 0.05) is 23.6 Å². The van der Waals surface area contributed by atoms with E-state index >= 15 is 0 Å². The first-order valence-corrected chi connectivity index (χ1v) is 9.65. The molecule has 158 valence electrons. The maximum absolute atomic E-state index is 12.2. The van der Waals surface area contributed by atoms with Crippen LogP contribution < -0.4 is 5.32 Å². The molecule has 0 aliphatic carbocycles. The molecule has 30 heavy (non-hydrogen) atoms. The van der Waals surface area contributed by atoms with Gasteiger partial charge in [-0.2, -0.15) is 5.10 Å². The van der Waals surface area contributed by atoms with Gasteiger partial charge in [0.05, 0.1) is 36.8 Å². The molecule has 0 aliphatic heterocycles. The molecule has 2 heterocycles. The Morgan fingerprint density at radius 2 is 1.93 bits per heavy atom. The van der Waals surface area contributed by atoms with Crippen molar-refractivity contribution in [2.45, 2.75) is 40.8 Å². The van der Waals surface area contributed by atoms with Crippen molar-refractivity contribution >= 4 is 34.0 Å². The molecule has 2 N–H and O–H groups in total. The molecule has 0 bridgehead atoms. The van der Waals surface area contributed by atoms with Gasteiger partial charge in [-0.1, -0.05) is 13.8 Å². The predicted octanol–water partition coefficient (Wildman–Crippen LogP) is 2.77. The number of hydrogen-bond donors (Lipinski definition) is 2. The number of carbonyl (C=O) groups excluding carboxylic acids is 2. The number of nitrogens with zero attached hydrogens (tertiary/aromatic N) is 4. The molecule has 0 saturated carbocycles. The van der Waals surface area contributed by atoms with Crippen molar-refractivity contribution in [2.75, 3.05) is 11.9 Å². The van der Waals surface area contributed by atoms with Crippen molar-refractivity contribution in [1.29, 1.82) is 0 Å². The number of esters is 1. The minimum atomic E-state index is -0.437. The Balaban J connectivity index is 2.01. The minimum Gasteiger partial charge on any atom is -0.464 e. The lowest BCUT2D eigenvalue weighted by Gasteiger charge is -2.12. The molecule has 3 aromatic rings. The Bertz CT molecular complexity index is 1070. The number of aliphatic hydroxyl groups excluding tert-OH is 1. The first-order valence-electron chi connectivity index (χ1n) is 9.65. The number of fused-ring (bicyclic) bond motifs is 1. The summed E-state index contributed by atoms with van der Waals surface area (Å²) in [5.41, 5.74) is 2.63. The number of hydrogen-bond acceptors (Lipinski definition) is 8. The van der Waals surface area contributed by atoms with Gasteiger partial charge in [-0.15, -0.1) is 0 Å². The molecule has 0 aliphatic rings. The summed E-state index contributed by atoms with van der Waals surface area (Å²) in [6.45, 7) is 7.05.